The first-order chi connectivity index (χ1) is 15.3. The Morgan fingerprint density at radius 1 is 1.09 bits per heavy atom. The van der Waals surface area contributed by atoms with Crippen molar-refractivity contribution in [1.82, 2.24) is 15.6 Å². The number of amides is 4. The number of hydrogen-bond donors (Lipinski definition) is 3. The van der Waals surface area contributed by atoms with Gasteiger partial charge in [0.1, 0.15) is 5.54 Å². The number of anilines is 1. The van der Waals surface area contributed by atoms with Crippen LogP contribution < -0.4 is 16.0 Å². The highest BCUT2D eigenvalue weighted by Crippen LogP contribution is 2.33. The summed E-state index contributed by atoms with van der Waals surface area (Å²) in [4.78, 5) is 42.1. The van der Waals surface area contributed by atoms with Gasteiger partial charge in [-0.2, -0.15) is 0 Å². The highest BCUT2D eigenvalue weighted by Gasteiger charge is 2.43. The van der Waals surface area contributed by atoms with E-state index in [0.29, 0.717) is 16.3 Å². The minimum absolute atomic E-state index is 0.282. The summed E-state index contributed by atoms with van der Waals surface area (Å²) in [6.45, 7) is 3.63. The molecule has 1 atom stereocenters. The van der Waals surface area contributed by atoms with Crippen molar-refractivity contribution in [3.63, 3.8) is 0 Å². The maximum absolute atomic E-state index is 12.8. The molecular formula is C24H22N4O3S. The Balaban J connectivity index is 1.33. The van der Waals surface area contributed by atoms with E-state index in [2.05, 4.69) is 39.1 Å². The molecule has 0 bridgehead atoms. The number of carbonyl (C=O) groups is 3. The molecule has 1 fully saturated rings. The van der Waals surface area contributed by atoms with Crippen LogP contribution in [0.1, 0.15) is 45.3 Å². The van der Waals surface area contributed by atoms with E-state index in [9.17, 15) is 14.4 Å². The molecule has 2 heterocycles. The Hall–Kier alpha value is -3.52. The zero-order valence-corrected chi connectivity index (χ0v) is 18.6. The summed E-state index contributed by atoms with van der Waals surface area (Å²) in [6.07, 6.45) is 3.45. The topological polar surface area (TPSA) is 100 Å². The second-order valence-electron chi connectivity index (χ2n) is 8.33. The molecule has 7 nitrogen and oxygen atoms in total. The van der Waals surface area contributed by atoms with E-state index >= 15 is 0 Å². The number of nitrogens with one attached hydrogen (secondary N) is 3. The molecule has 162 valence electrons. The summed E-state index contributed by atoms with van der Waals surface area (Å²) >= 11 is 1.45. The minimum Gasteiger partial charge on any atom is -0.320 e. The van der Waals surface area contributed by atoms with E-state index in [1.807, 2.05) is 6.92 Å². The number of benzene rings is 2. The molecule has 5 rings (SSSR count). The fourth-order valence-electron chi connectivity index (χ4n) is 4.31. The SMILES string of the molecule is Cc1sc(NC(=O)c2ccc(C3(C)NC(=O)NC3=O)cc2)nc1-c1ccc2c(c1)CCC2. The van der Waals surface area contributed by atoms with E-state index in [1.54, 1.807) is 31.2 Å². The third-order valence-corrected chi connectivity index (χ3v) is 7.04. The van der Waals surface area contributed by atoms with Gasteiger partial charge in [-0.15, -0.1) is 11.3 Å². The number of urea groups is 1. The molecule has 1 aliphatic heterocycles. The predicted molar refractivity (Wildman–Crippen MR) is 123 cm³/mol. The van der Waals surface area contributed by atoms with E-state index in [4.69, 9.17) is 0 Å². The van der Waals surface area contributed by atoms with Crippen molar-refractivity contribution >= 4 is 34.3 Å². The average Bonchev–Trinajstić information content (AvgIpc) is 3.45. The molecule has 3 aromatic rings. The van der Waals surface area contributed by atoms with Crippen LogP contribution in [0.2, 0.25) is 0 Å². The van der Waals surface area contributed by atoms with Gasteiger partial charge in [0.15, 0.2) is 5.13 Å². The maximum Gasteiger partial charge on any atom is 0.322 e. The average molecular weight is 447 g/mol. The fraction of sp³-hybridized carbons (Fsp3) is 0.250. The lowest BCUT2D eigenvalue weighted by Crippen LogP contribution is -2.40. The number of aryl methyl sites for hydroxylation is 3. The van der Waals surface area contributed by atoms with Gasteiger partial charge >= 0.3 is 6.03 Å². The third kappa shape index (κ3) is 3.46. The number of rotatable bonds is 4. The van der Waals surface area contributed by atoms with Gasteiger partial charge < -0.3 is 5.32 Å². The molecule has 0 saturated carbocycles. The molecule has 32 heavy (non-hydrogen) atoms. The fourth-order valence-corrected chi connectivity index (χ4v) is 5.14. The maximum atomic E-state index is 12.8. The van der Waals surface area contributed by atoms with Gasteiger partial charge in [0, 0.05) is 16.0 Å². The van der Waals surface area contributed by atoms with Crippen LogP contribution in [0.5, 0.6) is 0 Å². The van der Waals surface area contributed by atoms with E-state index in [-0.39, 0.29) is 5.91 Å². The molecule has 1 aromatic heterocycles. The van der Waals surface area contributed by atoms with Crippen molar-refractivity contribution in [3.05, 3.63) is 69.6 Å². The molecular weight excluding hydrogens is 424 g/mol. The third-order valence-electron chi connectivity index (χ3n) is 6.16. The van der Waals surface area contributed by atoms with Crippen LogP contribution >= 0.6 is 11.3 Å². The lowest BCUT2D eigenvalue weighted by atomic mass is 9.91. The van der Waals surface area contributed by atoms with E-state index in [0.717, 1.165) is 29.0 Å². The zero-order valence-electron chi connectivity index (χ0n) is 17.7. The highest BCUT2D eigenvalue weighted by atomic mass is 32.1. The number of thiazole rings is 1. The Morgan fingerprint density at radius 2 is 1.84 bits per heavy atom. The predicted octanol–water partition coefficient (Wildman–Crippen LogP) is 3.91. The summed E-state index contributed by atoms with van der Waals surface area (Å²) in [5, 5.41) is 8.27. The first kappa shape index (κ1) is 20.4. The molecule has 0 spiro atoms. The summed E-state index contributed by atoms with van der Waals surface area (Å²) < 4.78 is 0. The molecule has 2 aliphatic rings. The summed E-state index contributed by atoms with van der Waals surface area (Å²) in [7, 11) is 0. The molecule has 8 heteroatoms. The molecule has 1 aliphatic carbocycles. The number of imide groups is 1. The lowest BCUT2D eigenvalue weighted by molar-refractivity contribution is -0.123. The first-order valence-corrected chi connectivity index (χ1v) is 11.3. The monoisotopic (exact) mass is 446 g/mol. The van der Waals surface area contributed by atoms with E-state index < -0.39 is 17.5 Å². The van der Waals surface area contributed by atoms with Crippen molar-refractivity contribution in [3.8, 4) is 11.3 Å². The van der Waals surface area contributed by atoms with Crippen molar-refractivity contribution in [2.24, 2.45) is 0 Å². The number of carbonyl (C=O) groups excluding carboxylic acids is 3. The summed E-state index contributed by atoms with van der Waals surface area (Å²) in [6, 6.07) is 12.6. The van der Waals surface area contributed by atoms with Crippen LogP contribution in [0.3, 0.4) is 0 Å². The Bertz CT molecular complexity index is 1260. The van der Waals surface area contributed by atoms with Crippen LogP contribution in [0.4, 0.5) is 9.93 Å². The van der Waals surface area contributed by atoms with Gasteiger partial charge in [0.2, 0.25) is 0 Å². The van der Waals surface area contributed by atoms with Crippen LogP contribution in [-0.2, 0) is 23.2 Å². The van der Waals surface area contributed by atoms with Crippen LogP contribution in [0, 0.1) is 6.92 Å². The molecule has 3 N–H and O–H groups in total. The Kier molecular flexibility index (Phi) is 4.82. The number of aromatic nitrogens is 1. The Labute approximate surface area is 189 Å². The Morgan fingerprint density at radius 3 is 2.56 bits per heavy atom. The lowest BCUT2D eigenvalue weighted by Gasteiger charge is -2.21. The highest BCUT2D eigenvalue weighted by molar-refractivity contribution is 7.16. The molecule has 1 unspecified atom stereocenters. The van der Waals surface area contributed by atoms with Crippen LogP contribution in [0.15, 0.2) is 42.5 Å². The normalized spacial score (nSPS) is 19.4. The second-order valence-corrected chi connectivity index (χ2v) is 9.53. The van der Waals surface area contributed by atoms with E-state index in [1.165, 1.54) is 28.9 Å². The van der Waals surface area contributed by atoms with Gasteiger partial charge in [0.25, 0.3) is 11.8 Å². The molecule has 1 saturated heterocycles. The van der Waals surface area contributed by atoms with Gasteiger partial charge in [-0.3, -0.25) is 20.2 Å². The van der Waals surface area contributed by atoms with Crippen molar-refractivity contribution in [1.29, 1.82) is 0 Å². The number of hydrogen-bond acceptors (Lipinski definition) is 5. The number of fused-ring (bicyclic) bond motifs is 1. The first-order valence-electron chi connectivity index (χ1n) is 10.5. The standard InChI is InChI=1S/C24H22N4O3S/c1-13-19(17-7-6-14-4-3-5-16(14)12-17)25-23(32-13)26-20(29)15-8-10-18(11-9-15)24(2)21(30)27-22(31)28-24/h6-12H,3-5H2,1-2H3,(H,25,26,29)(H2,27,28,30,31). The zero-order chi connectivity index (χ0) is 22.5. The quantitative estimate of drug-likeness (QED) is 0.529. The van der Waals surface area contributed by atoms with Gasteiger partial charge in [-0.1, -0.05) is 24.3 Å². The summed E-state index contributed by atoms with van der Waals surface area (Å²) in [5.41, 5.74) is 4.67. The van der Waals surface area contributed by atoms with Crippen LogP contribution in [0.25, 0.3) is 11.3 Å². The minimum atomic E-state index is -1.15. The van der Waals surface area contributed by atoms with Gasteiger partial charge in [-0.05, 0) is 68.0 Å². The van der Waals surface area contributed by atoms with Crippen molar-refractivity contribution < 1.29 is 14.4 Å². The number of nitrogens with zero attached hydrogens (tertiary/aromatic N) is 1. The van der Waals surface area contributed by atoms with Crippen molar-refractivity contribution in [2.75, 3.05) is 5.32 Å². The molecule has 0 radical (unpaired) electrons. The molecule has 4 amide bonds. The smallest absolute Gasteiger partial charge is 0.320 e. The molecule has 2 aromatic carbocycles. The van der Waals surface area contributed by atoms with Crippen LogP contribution in [-0.4, -0.2) is 22.8 Å². The van der Waals surface area contributed by atoms with Gasteiger partial charge in [-0.25, -0.2) is 9.78 Å². The summed E-state index contributed by atoms with van der Waals surface area (Å²) in [5.74, 6) is -0.701. The van der Waals surface area contributed by atoms with Gasteiger partial charge in [0.05, 0.1) is 5.69 Å². The largest absolute Gasteiger partial charge is 0.322 e. The van der Waals surface area contributed by atoms with Crippen molar-refractivity contribution in [2.45, 2.75) is 38.6 Å². The second kappa shape index (κ2) is 7.56.